The molecule has 186 valence electrons. The van der Waals surface area contributed by atoms with E-state index >= 15 is 0 Å². The molecule has 1 aliphatic heterocycles. The highest BCUT2D eigenvalue weighted by Crippen LogP contribution is 2.28. The van der Waals surface area contributed by atoms with Gasteiger partial charge in [-0.25, -0.2) is 0 Å². The van der Waals surface area contributed by atoms with E-state index in [1.165, 1.54) is 16.3 Å². The van der Waals surface area contributed by atoms with Crippen molar-refractivity contribution >= 4 is 39.0 Å². The molecule has 0 radical (unpaired) electrons. The molecule has 1 N–H and O–H groups in total. The number of pyridine rings is 2. The highest BCUT2D eigenvalue weighted by atomic mass is 35.5. The molecule has 6 heteroatoms. The Labute approximate surface area is 221 Å². The van der Waals surface area contributed by atoms with Crippen molar-refractivity contribution in [2.45, 2.75) is 32.0 Å². The summed E-state index contributed by atoms with van der Waals surface area (Å²) in [5.74, 6) is 0. The lowest BCUT2D eigenvalue weighted by Gasteiger charge is -2.33. The van der Waals surface area contributed by atoms with Gasteiger partial charge in [-0.2, -0.15) is 0 Å². The van der Waals surface area contributed by atoms with Crippen LogP contribution in [0.3, 0.4) is 0 Å². The Balaban J connectivity index is 1.17. The molecule has 3 aromatic carbocycles. The molecule has 0 bridgehead atoms. The molecule has 5 aromatic rings. The van der Waals surface area contributed by atoms with E-state index in [2.05, 4.69) is 57.7 Å². The molecule has 1 aliphatic rings. The molecule has 1 fully saturated rings. The summed E-state index contributed by atoms with van der Waals surface area (Å²) in [4.78, 5) is 19.8. The minimum Gasteiger partial charge on any atom is -0.382 e. The molecule has 5 nitrogen and oxygen atoms in total. The van der Waals surface area contributed by atoms with Crippen LogP contribution < -0.4 is 10.9 Å². The lowest BCUT2D eigenvalue weighted by atomic mass is 10.0. The summed E-state index contributed by atoms with van der Waals surface area (Å²) < 4.78 is 1.79. The van der Waals surface area contributed by atoms with Gasteiger partial charge < -0.3 is 9.88 Å². The first-order valence-corrected chi connectivity index (χ1v) is 13.2. The summed E-state index contributed by atoms with van der Waals surface area (Å²) in [5, 5.41) is 7.90. The molecule has 2 aromatic heterocycles. The first-order valence-electron chi connectivity index (χ1n) is 12.8. The smallest absolute Gasteiger partial charge is 0.253 e. The Hall–Kier alpha value is -3.67. The summed E-state index contributed by atoms with van der Waals surface area (Å²) in [5.41, 5.74) is 4.06. The second-order valence-corrected chi connectivity index (χ2v) is 10.3. The van der Waals surface area contributed by atoms with Crippen molar-refractivity contribution in [2.75, 3.05) is 18.4 Å². The number of hydrogen-bond donors (Lipinski definition) is 1. The number of likely N-dealkylation sites (tertiary alicyclic amines) is 1. The number of nitrogens with one attached hydrogen (secondary N) is 1. The summed E-state index contributed by atoms with van der Waals surface area (Å²) in [6.07, 6.45) is 5.56. The number of rotatable bonds is 6. The molecule has 0 saturated carbocycles. The van der Waals surface area contributed by atoms with E-state index in [-0.39, 0.29) is 5.56 Å². The van der Waals surface area contributed by atoms with Crippen molar-refractivity contribution in [1.82, 2.24) is 14.5 Å². The number of fused-ring (bicyclic) bond motifs is 2. The molecule has 0 unspecified atom stereocenters. The molecule has 3 heterocycles. The molecule has 6 rings (SSSR count). The van der Waals surface area contributed by atoms with Gasteiger partial charge in [0.05, 0.1) is 12.1 Å². The van der Waals surface area contributed by atoms with Crippen LogP contribution in [0.25, 0.3) is 21.7 Å². The minimum absolute atomic E-state index is 0.0391. The number of anilines is 1. The predicted octanol–water partition coefficient (Wildman–Crippen LogP) is 6.33. The summed E-state index contributed by atoms with van der Waals surface area (Å²) in [7, 11) is 0. The van der Waals surface area contributed by atoms with E-state index in [0.717, 1.165) is 54.6 Å². The quantitative estimate of drug-likeness (QED) is 0.291. The largest absolute Gasteiger partial charge is 0.382 e. The van der Waals surface area contributed by atoms with Crippen LogP contribution in [0.2, 0.25) is 5.02 Å². The maximum absolute atomic E-state index is 13.2. The molecular formula is C31H29ClN4O. The highest BCUT2D eigenvalue weighted by Gasteiger charge is 2.21. The number of halogens is 1. The summed E-state index contributed by atoms with van der Waals surface area (Å²) in [6.45, 7) is 3.48. The van der Waals surface area contributed by atoms with E-state index in [1.54, 1.807) is 23.0 Å². The van der Waals surface area contributed by atoms with Gasteiger partial charge in [-0.05, 0) is 71.1 Å². The van der Waals surface area contributed by atoms with Gasteiger partial charge in [-0.3, -0.25) is 14.7 Å². The molecule has 1 saturated heterocycles. The third-order valence-electron chi connectivity index (χ3n) is 7.33. The van der Waals surface area contributed by atoms with Gasteiger partial charge in [0.1, 0.15) is 0 Å². The number of hydrogen-bond acceptors (Lipinski definition) is 4. The van der Waals surface area contributed by atoms with E-state index < -0.39 is 0 Å². The van der Waals surface area contributed by atoms with E-state index in [9.17, 15) is 4.79 Å². The van der Waals surface area contributed by atoms with Gasteiger partial charge >= 0.3 is 0 Å². The van der Waals surface area contributed by atoms with Crippen molar-refractivity contribution in [2.24, 2.45) is 0 Å². The zero-order chi connectivity index (χ0) is 25.2. The SMILES string of the molecule is O=c1cc(NC2CCN(Cc3ccc4ccccc4c3)CC2)c2ccc(Cl)cc2n1Cc1ccncc1. The molecule has 0 spiro atoms. The summed E-state index contributed by atoms with van der Waals surface area (Å²) in [6, 6.07) is 27.0. The van der Waals surface area contributed by atoms with Crippen molar-refractivity contribution in [3.8, 4) is 0 Å². The predicted molar refractivity (Wildman–Crippen MR) is 152 cm³/mol. The number of nitrogens with zero attached hydrogens (tertiary/aromatic N) is 3. The van der Waals surface area contributed by atoms with Gasteiger partial charge in [-0.1, -0.05) is 48.0 Å². The van der Waals surface area contributed by atoms with Crippen molar-refractivity contribution in [1.29, 1.82) is 0 Å². The zero-order valence-corrected chi connectivity index (χ0v) is 21.4. The number of aromatic nitrogens is 2. The van der Waals surface area contributed by atoms with E-state index in [0.29, 0.717) is 17.6 Å². The van der Waals surface area contributed by atoms with Crippen LogP contribution in [0.1, 0.15) is 24.0 Å². The Kier molecular flexibility index (Phi) is 6.64. The molecule has 37 heavy (non-hydrogen) atoms. The van der Waals surface area contributed by atoms with Crippen LogP contribution >= 0.6 is 11.6 Å². The average molecular weight is 509 g/mol. The fraction of sp³-hybridized carbons (Fsp3) is 0.226. The van der Waals surface area contributed by atoms with Crippen LogP contribution in [-0.2, 0) is 13.1 Å². The van der Waals surface area contributed by atoms with Crippen LogP contribution in [0.4, 0.5) is 5.69 Å². The topological polar surface area (TPSA) is 50.2 Å². The lowest BCUT2D eigenvalue weighted by molar-refractivity contribution is 0.211. The Bertz CT molecular complexity index is 1610. The Morgan fingerprint density at radius 3 is 2.43 bits per heavy atom. The maximum Gasteiger partial charge on any atom is 0.253 e. The number of piperidine rings is 1. The normalized spacial score (nSPS) is 14.8. The van der Waals surface area contributed by atoms with Gasteiger partial charge in [0.2, 0.25) is 0 Å². The molecular weight excluding hydrogens is 480 g/mol. The van der Waals surface area contributed by atoms with E-state index in [4.69, 9.17) is 11.6 Å². The van der Waals surface area contributed by atoms with Crippen LogP contribution in [0, 0.1) is 0 Å². The second kappa shape index (κ2) is 10.4. The van der Waals surface area contributed by atoms with Gasteiger partial charge in [0.15, 0.2) is 0 Å². The molecule has 0 aliphatic carbocycles. The second-order valence-electron chi connectivity index (χ2n) is 9.88. The highest BCUT2D eigenvalue weighted by molar-refractivity contribution is 6.31. The van der Waals surface area contributed by atoms with Crippen LogP contribution in [-0.4, -0.2) is 33.6 Å². The van der Waals surface area contributed by atoms with Crippen molar-refractivity contribution in [3.63, 3.8) is 0 Å². The van der Waals surface area contributed by atoms with Gasteiger partial charge in [-0.15, -0.1) is 0 Å². The maximum atomic E-state index is 13.2. The van der Waals surface area contributed by atoms with Crippen LogP contribution in [0.5, 0.6) is 0 Å². The van der Waals surface area contributed by atoms with Crippen molar-refractivity contribution < 1.29 is 0 Å². The van der Waals surface area contributed by atoms with E-state index in [1.807, 2.05) is 30.3 Å². The standard InChI is InChI=1S/C31H29ClN4O/c32-26-7-8-28-29(19-31(37)36(30(28)18-26)21-22-9-13-33-14-10-22)34-27-11-15-35(16-12-27)20-23-5-6-24-3-1-2-4-25(24)17-23/h1-10,13-14,17-19,27,34H,11-12,15-16,20-21H2. The minimum atomic E-state index is -0.0391. The average Bonchev–Trinajstić information content (AvgIpc) is 2.92. The lowest BCUT2D eigenvalue weighted by Crippen LogP contribution is -2.39. The molecule has 0 atom stereocenters. The number of benzene rings is 3. The zero-order valence-electron chi connectivity index (χ0n) is 20.6. The fourth-order valence-electron chi connectivity index (χ4n) is 5.36. The molecule has 0 amide bonds. The monoisotopic (exact) mass is 508 g/mol. The first kappa shape index (κ1) is 23.7. The third kappa shape index (κ3) is 5.24. The van der Waals surface area contributed by atoms with Gasteiger partial charge in [0, 0.05) is 60.2 Å². The van der Waals surface area contributed by atoms with Crippen molar-refractivity contribution in [3.05, 3.63) is 118 Å². The van der Waals surface area contributed by atoms with Gasteiger partial charge in [0.25, 0.3) is 5.56 Å². The third-order valence-corrected chi connectivity index (χ3v) is 7.57. The fourth-order valence-corrected chi connectivity index (χ4v) is 5.52. The first-order chi connectivity index (χ1) is 18.1. The van der Waals surface area contributed by atoms with Crippen LogP contribution in [0.15, 0.2) is 96.1 Å². The summed E-state index contributed by atoms with van der Waals surface area (Å²) >= 11 is 6.35. The Morgan fingerprint density at radius 1 is 0.838 bits per heavy atom. The Morgan fingerprint density at radius 2 is 1.62 bits per heavy atom.